The van der Waals surface area contributed by atoms with Gasteiger partial charge in [0.1, 0.15) is 17.2 Å². The molecule has 1 fully saturated rings. The zero-order valence-electron chi connectivity index (χ0n) is 21.8. The number of ether oxygens (including phenoxy) is 2. The minimum absolute atomic E-state index is 0.285. The molecule has 0 bridgehead atoms. The topological polar surface area (TPSA) is 66.9 Å². The molecule has 2 aromatic rings. The van der Waals surface area contributed by atoms with Crippen molar-refractivity contribution in [3.63, 3.8) is 0 Å². The predicted molar refractivity (Wildman–Crippen MR) is 142 cm³/mol. The minimum Gasteiger partial charge on any atom is -0.482 e. The Morgan fingerprint density at radius 2 is 1.86 bits per heavy atom. The second kappa shape index (κ2) is 10.7. The van der Waals surface area contributed by atoms with Crippen LogP contribution in [-0.4, -0.2) is 78.8 Å². The molecule has 5 rings (SSSR count). The number of hydrogen-bond donors (Lipinski definition) is 1. The summed E-state index contributed by atoms with van der Waals surface area (Å²) in [5, 5.41) is 2.74. The number of anilines is 1. The van der Waals surface area contributed by atoms with E-state index in [0.29, 0.717) is 22.6 Å². The van der Waals surface area contributed by atoms with Gasteiger partial charge in [0.05, 0.1) is 17.9 Å². The third-order valence-corrected chi connectivity index (χ3v) is 7.30. The van der Waals surface area contributed by atoms with Gasteiger partial charge in [-0.05, 0) is 51.1 Å². The van der Waals surface area contributed by atoms with Crippen molar-refractivity contribution in [1.29, 1.82) is 0 Å². The standard InChI is InChI=1S/C29H35FN4O3/c1-4-36-16-15-34-13-11-33(12-14-34)10-9-22-7-5-20(19-31-22)24-18-26(37-29(24,2)3)27-23-8-6-21(30)17-25(23)32-28(27)35/h5-8,17-19H,4,9-16H2,1-3H3,(H,32,35)/b27-26+. The van der Waals surface area contributed by atoms with Gasteiger partial charge in [-0.2, -0.15) is 0 Å². The number of amides is 1. The van der Waals surface area contributed by atoms with E-state index in [-0.39, 0.29) is 11.7 Å². The van der Waals surface area contributed by atoms with Gasteiger partial charge in [0.15, 0.2) is 0 Å². The second-order valence-corrected chi connectivity index (χ2v) is 10.2. The van der Waals surface area contributed by atoms with Gasteiger partial charge >= 0.3 is 0 Å². The lowest BCUT2D eigenvalue weighted by atomic mass is 9.93. The molecule has 0 aliphatic carbocycles. The number of carbonyl (C=O) groups is 1. The van der Waals surface area contributed by atoms with E-state index >= 15 is 0 Å². The number of nitrogens with one attached hydrogen (secondary N) is 1. The van der Waals surface area contributed by atoms with Gasteiger partial charge in [-0.3, -0.25) is 14.7 Å². The van der Waals surface area contributed by atoms with Gasteiger partial charge in [-0.1, -0.05) is 6.07 Å². The van der Waals surface area contributed by atoms with Crippen molar-refractivity contribution in [2.45, 2.75) is 32.8 Å². The molecule has 0 radical (unpaired) electrons. The number of rotatable bonds is 8. The van der Waals surface area contributed by atoms with Gasteiger partial charge in [0.2, 0.25) is 0 Å². The van der Waals surface area contributed by atoms with Crippen LogP contribution in [0.2, 0.25) is 0 Å². The monoisotopic (exact) mass is 506 g/mol. The van der Waals surface area contributed by atoms with E-state index in [4.69, 9.17) is 14.5 Å². The van der Waals surface area contributed by atoms with Crippen molar-refractivity contribution < 1.29 is 18.7 Å². The lowest BCUT2D eigenvalue weighted by molar-refractivity contribution is -0.111. The molecular formula is C29H35FN4O3. The van der Waals surface area contributed by atoms with Crippen LogP contribution in [0.3, 0.4) is 0 Å². The molecule has 3 aliphatic rings. The van der Waals surface area contributed by atoms with Crippen LogP contribution in [0.1, 0.15) is 37.6 Å². The fraction of sp³-hybridized carbons (Fsp3) is 0.448. The molecule has 0 spiro atoms. The summed E-state index contributed by atoms with van der Waals surface area (Å²) in [5.41, 5.74) is 3.90. The smallest absolute Gasteiger partial charge is 0.260 e. The Balaban J connectivity index is 1.24. The number of benzene rings is 1. The normalized spacial score (nSPS) is 21.5. The Kier molecular flexibility index (Phi) is 7.42. The molecule has 0 atom stereocenters. The summed E-state index contributed by atoms with van der Waals surface area (Å²) in [4.78, 5) is 22.4. The van der Waals surface area contributed by atoms with Crippen LogP contribution in [0, 0.1) is 5.82 Å². The van der Waals surface area contributed by atoms with Gasteiger partial charge in [-0.25, -0.2) is 4.39 Å². The molecule has 0 saturated carbocycles. The van der Waals surface area contributed by atoms with Crippen LogP contribution < -0.4 is 5.32 Å². The molecule has 37 heavy (non-hydrogen) atoms. The fourth-order valence-corrected chi connectivity index (χ4v) is 5.19. The molecule has 1 amide bonds. The molecule has 4 heterocycles. The SMILES string of the molecule is CCOCCN1CCN(CCc2ccc(C3=C/C(=C4\C(=O)Nc5cc(F)ccc54)OC3(C)C)cn2)CC1. The van der Waals surface area contributed by atoms with Crippen molar-refractivity contribution >= 4 is 22.7 Å². The summed E-state index contributed by atoms with van der Waals surface area (Å²) in [6, 6.07) is 8.46. The zero-order valence-corrected chi connectivity index (χ0v) is 21.8. The Bertz CT molecular complexity index is 1210. The third kappa shape index (κ3) is 5.61. The first-order valence-electron chi connectivity index (χ1n) is 13.1. The van der Waals surface area contributed by atoms with Crippen LogP contribution in [0.15, 0.2) is 48.4 Å². The highest BCUT2D eigenvalue weighted by molar-refractivity contribution is 6.32. The van der Waals surface area contributed by atoms with Crippen molar-refractivity contribution in [3.05, 3.63) is 71.0 Å². The molecule has 8 heteroatoms. The van der Waals surface area contributed by atoms with E-state index in [0.717, 1.165) is 75.7 Å². The number of allylic oxidation sites excluding steroid dienone is 1. The summed E-state index contributed by atoms with van der Waals surface area (Å²) in [6.45, 7) is 13.9. The number of hydrogen-bond acceptors (Lipinski definition) is 6. The number of aromatic nitrogens is 1. The minimum atomic E-state index is -0.629. The number of carbonyl (C=O) groups excluding carboxylic acids is 1. The van der Waals surface area contributed by atoms with Crippen molar-refractivity contribution in [2.24, 2.45) is 0 Å². The number of pyridine rings is 1. The van der Waals surface area contributed by atoms with E-state index in [2.05, 4.69) is 27.2 Å². The molecule has 1 aromatic carbocycles. The van der Waals surface area contributed by atoms with Crippen LogP contribution in [0.4, 0.5) is 10.1 Å². The van der Waals surface area contributed by atoms with Gasteiger partial charge in [-0.15, -0.1) is 0 Å². The van der Waals surface area contributed by atoms with Crippen LogP contribution in [0.5, 0.6) is 0 Å². The number of piperazine rings is 1. The summed E-state index contributed by atoms with van der Waals surface area (Å²) < 4.78 is 25.3. The Hall–Kier alpha value is -3.07. The quantitative estimate of drug-likeness (QED) is 0.432. The van der Waals surface area contributed by atoms with E-state index < -0.39 is 5.60 Å². The van der Waals surface area contributed by atoms with Crippen LogP contribution in [-0.2, 0) is 20.7 Å². The average molecular weight is 507 g/mol. The third-order valence-electron chi connectivity index (χ3n) is 7.30. The lowest BCUT2D eigenvalue weighted by Gasteiger charge is -2.34. The number of fused-ring (bicyclic) bond motifs is 1. The Morgan fingerprint density at radius 1 is 1.11 bits per heavy atom. The second-order valence-electron chi connectivity index (χ2n) is 10.2. The average Bonchev–Trinajstić information content (AvgIpc) is 3.37. The highest BCUT2D eigenvalue weighted by Crippen LogP contribution is 2.44. The molecule has 0 unspecified atom stereocenters. The molecule has 1 N–H and O–H groups in total. The highest BCUT2D eigenvalue weighted by Gasteiger charge is 2.38. The first-order valence-corrected chi connectivity index (χ1v) is 13.1. The summed E-state index contributed by atoms with van der Waals surface area (Å²) in [7, 11) is 0. The molecular weight excluding hydrogens is 471 g/mol. The fourth-order valence-electron chi connectivity index (χ4n) is 5.19. The summed E-state index contributed by atoms with van der Waals surface area (Å²) in [6.07, 6.45) is 4.71. The highest BCUT2D eigenvalue weighted by atomic mass is 19.1. The maximum atomic E-state index is 13.6. The summed E-state index contributed by atoms with van der Waals surface area (Å²) in [5.74, 6) is -0.181. The van der Waals surface area contributed by atoms with Gasteiger partial charge in [0.25, 0.3) is 5.91 Å². The molecule has 3 aliphatic heterocycles. The predicted octanol–water partition coefficient (Wildman–Crippen LogP) is 3.97. The van der Waals surface area contributed by atoms with Crippen LogP contribution in [0.25, 0.3) is 11.1 Å². The van der Waals surface area contributed by atoms with E-state index in [1.54, 1.807) is 6.07 Å². The van der Waals surface area contributed by atoms with Crippen molar-refractivity contribution in [2.75, 3.05) is 57.8 Å². The maximum absolute atomic E-state index is 13.6. The lowest BCUT2D eigenvalue weighted by Crippen LogP contribution is -2.47. The first-order chi connectivity index (χ1) is 17.8. The number of halogens is 1. The first kappa shape index (κ1) is 25.6. The van der Waals surface area contributed by atoms with E-state index in [9.17, 15) is 9.18 Å². The van der Waals surface area contributed by atoms with Crippen molar-refractivity contribution in [1.82, 2.24) is 14.8 Å². The maximum Gasteiger partial charge on any atom is 0.260 e. The van der Waals surface area contributed by atoms with Crippen LogP contribution >= 0.6 is 0 Å². The Morgan fingerprint density at radius 3 is 2.57 bits per heavy atom. The zero-order chi connectivity index (χ0) is 26.0. The van der Waals surface area contributed by atoms with E-state index in [1.165, 1.54) is 12.1 Å². The largest absolute Gasteiger partial charge is 0.482 e. The molecule has 196 valence electrons. The summed E-state index contributed by atoms with van der Waals surface area (Å²) >= 11 is 0. The van der Waals surface area contributed by atoms with Crippen molar-refractivity contribution in [3.8, 4) is 0 Å². The number of nitrogens with zero attached hydrogens (tertiary/aromatic N) is 3. The van der Waals surface area contributed by atoms with Gasteiger partial charge < -0.3 is 19.7 Å². The Labute approximate surface area is 218 Å². The molecule has 1 saturated heterocycles. The van der Waals surface area contributed by atoms with Gasteiger partial charge in [0, 0.05) is 80.9 Å². The molecule has 1 aromatic heterocycles. The molecule has 7 nitrogen and oxygen atoms in total. The van der Waals surface area contributed by atoms with E-state index in [1.807, 2.05) is 33.0 Å².